The molecule has 50 valence electrons. The number of halogens is 3. The molecule has 1 rings (SSSR count). The third-order valence-corrected chi connectivity index (χ3v) is 1.04. The Kier molecular flexibility index (Phi) is 1.70. The first-order valence-corrected chi connectivity index (χ1v) is 2.51. The molecule has 0 nitrogen and oxygen atoms in total. The second-order valence-electron chi connectivity index (χ2n) is 1.79. The van der Waals surface area contributed by atoms with E-state index in [4.69, 9.17) is 7.85 Å². The molecule has 0 unspecified atom stereocenters. The van der Waals surface area contributed by atoms with Gasteiger partial charge in [-0.15, -0.1) is 0 Å². The summed E-state index contributed by atoms with van der Waals surface area (Å²) in [5.74, 6) is -3.32. The van der Waals surface area contributed by atoms with Gasteiger partial charge in [0.1, 0.15) is 13.7 Å². The van der Waals surface area contributed by atoms with E-state index in [-0.39, 0.29) is 5.46 Å². The van der Waals surface area contributed by atoms with Gasteiger partial charge >= 0.3 is 0 Å². The van der Waals surface area contributed by atoms with E-state index >= 15 is 0 Å². The second kappa shape index (κ2) is 2.36. The fraction of sp³-hybridized carbons (Fsp3) is 0. The first-order chi connectivity index (χ1) is 4.61. The van der Waals surface area contributed by atoms with Crippen molar-refractivity contribution in [2.24, 2.45) is 0 Å². The van der Waals surface area contributed by atoms with Gasteiger partial charge in [0.2, 0.25) is 0 Å². The number of rotatable bonds is 0. The van der Waals surface area contributed by atoms with Crippen LogP contribution in [0.1, 0.15) is 0 Å². The molecule has 0 aliphatic carbocycles. The largest absolute Gasteiger partial charge is 0.208 e. The summed E-state index contributed by atoms with van der Waals surface area (Å²) < 4.78 is 36.5. The van der Waals surface area contributed by atoms with E-state index in [0.29, 0.717) is 12.1 Å². The zero-order chi connectivity index (χ0) is 7.72. The Morgan fingerprint density at radius 3 is 1.90 bits per heavy atom. The maximum atomic E-state index is 12.2. The van der Waals surface area contributed by atoms with Gasteiger partial charge in [-0.1, -0.05) is 5.46 Å². The monoisotopic (exact) mass is 142 g/mol. The Bertz CT molecular complexity index is 209. The van der Waals surface area contributed by atoms with Crippen LogP contribution in [0, 0.1) is 17.5 Å². The number of hydrogen-bond donors (Lipinski definition) is 0. The van der Waals surface area contributed by atoms with Crippen molar-refractivity contribution in [1.82, 2.24) is 0 Å². The van der Waals surface area contributed by atoms with Crippen LogP contribution in [0.4, 0.5) is 13.2 Å². The summed E-state index contributed by atoms with van der Waals surface area (Å²) in [6.07, 6.45) is 0. The van der Waals surface area contributed by atoms with Crippen molar-refractivity contribution in [3.05, 3.63) is 29.6 Å². The lowest BCUT2D eigenvalue weighted by molar-refractivity contribution is 0.497. The average molecular weight is 142 g/mol. The first kappa shape index (κ1) is 7.19. The molecule has 1 aromatic rings. The van der Waals surface area contributed by atoms with E-state index < -0.39 is 17.5 Å². The van der Waals surface area contributed by atoms with Gasteiger partial charge in [0.15, 0.2) is 11.6 Å². The van der Waals surface area contributed by atoms with Crippen LogP contribution in [0.2, 0.25) is 0 Å². The number of benzene rings is 1. The molecule has 0 saturated carbocycles. The molecule has 0 heterocycles. The van der Waals surface area contributed by atoms with Crippen LogP contribution < -0.4 is 5.46 Å². The minimum absolute atomic E-state index is 0.390. The molecule has 1 aromatic carbocycles. The minimum atomic E-state index is -1.23. The van der Waals surface area contributed by atoms with Gasteiger partial charge in [-0.3, -0.25) is 0 Å². The van der Waals surface area contributed by atoms with E-state index in [1.807, 2.05) is 0 Å². The van der Waals surface area contributed by atoms with Crippen molar-refractivity contribution in [2.75, 3.05) is 0 Å². The maximum absolute atomic E-state index is 12.2. The van der Waals surface area contributed by atoms with Crippen LogP contribution in [0.25, 0.3) is 0 Å². The van der Waals surface area contributed by atoms with E-state index in [1.165, 1.54) is 0 Å². The molecule has 10 heavy (non-hydrogen) atoms. The highest BCUT2D eigenvalue weighted by molar-refractivity contribution is 6.32. The molecule has 0 aliphatic heterocycles. The molecular formula is C6H2BF3. The summed E-state index contributed by atoms with van der Waals surface area (Å²) >= 11 is 0. The normalized spacial score (nSPS) is 9.90. The van der Waals surface area contributed by atoms with Gasteiger partial charge in [-0.2, -0.15) is 0 Å². The van der Waals surface area contributed by atoms with Gasteiger partial charge in [0.25, 0.3) is 0 Å². The topological polar surface area (TPSA) is 0 Å². The Morgan fingerprint density at radius 1 is 0.900 bits per heavy atom. The third kappa shape index (κ3) is 1.15. The van der Waals surface area contributed by atoms with Crippen molar-refractivity contribution >= 4 is 13.3 Å². The SMILES string of the molecule is [B]c1cc(F)c(F)cc1F. The summed E-state index contributed by atoms with van der Waals surface area (Å²) in [6, 6.07) is 1.01. The lowest BCUT2D eigenvalue weighted by Crippen LogP contribution is -2.10. The van der Waals surface area contributed by atoms with E-state index in [9.17, 15) is 13.2 Å². The van der Waals surface area contributed by atoms with Gasteiger partial charge < -0.3 is 0 Å². The summed E-state index contributed by atoms with van der Waals surface area (Å²) in [4.78, 5) is 0. The summed E-state index contributed by atoms with van der Waals surface area (Å²) in [5, 5.41) is 0. The highest BCUT2D eigenvalue weighted by Gasteiger charge is 2.04. The van der Waals surface area contributed by atoms with Crippen LogP contribution in [0.3, 0.4) is 0 Å². The zero-order valence-corrected chi connectivity index (χ0v) is 4.87. The van der Waals surface area contributed by atoms with Crippen molar-refractivity contribution in [3.63, 3.8) is 0 Å². The Morgan fingerprint density at radius 2 is 1.40 bits per heavy atom. The molecule has 0 amide bonds. The van der Waals surface area contributed by atoms with Crippen LogP contribution in [-0.4, -0.2) is 7.85 Å². The molecule has 0 bridgehead atoms. The number of hydrogen-bond acceptors (Lipinski definition) is 0. The predicted octanol–water partition coefficient (Wildman–Crippen LogP) is 0.898. The van der Waals surface area contributed by atoms with E-state index in [1.54, 1.807) is 0 Å². The average Bonchev–Trinajstić information content (AvgIpc) is 1.84. The molecule has 0 atom stereocenters. The van der Waals surface area contributed by atoms with Gasteiger partial charge in [-0.25, -0.2) is 13.2 Å². The highest BCUT2D eigenvalue weighted by atomic mass is 19.2. The molecule has 4 heteroatoms. The van der Waals surface area contributed by atoms with Crippen molar-refractivity contribution in [1.29, 1.82) is 0 Å². The standard InChI is InChI=1S/C6H2BF3/c7-3-1-5(9)6(10)2-4(3)8/h1-2H. The van der Waals surface area contributed by atoms with Crippen LogP contribution >= 0.6 is 0 Å². The quantitative estimate of drug-likeness (QED) is 0.372. The lowest BCUT2D eigenvalue weighted by atomic mass is 9.95. The van der Waals surface area contributed by atoms with Gasteiger partial charge in [0, 0.05) is 6.07 Å². The second-order valence-corrected chi connectivity index (χ2v) is 1.79. The van der Waals surface area contributed by atoms with Gasteiger partial charge in [-0.05, 0) is 6.07 Å². The third-order valence-electron chi connectivity index (χ3n) is 1.04. The fourth-order valence-electron chi connectivity index (χ4n) is 0.538. The highest BCUT2D eigenvalue weighted by Crippen LogP contribution is 2.03. The molecule has 0 aromatic heterocycles. The Hall–Kier alpha value is -0.925. The molecule has 0 N–H and O–H groups in total. The van der Waals surface area contributed by atoms with Crippen molar-refractivity contribution < 1.29 is 13.2 Å². The van der Waals surface area contributed by atoms with E-state index in [0.717, 1.165) is 0 Å². The first-order valence-electron chi connectivity index (χ1n) is 2.51. The maximum Gasteiger partial charge on any atom is 0.161 e. The van der Waals surface area contributed by atoms with Crippen LogP contribution in [0.15, 0.2) is 12.1 Å². The van der Waals surface area contributed by atoms with Gasteiger partial charge in [0.05, 0.1) is 0 Å². The molecular weight excluding hydrogens is 140 g/mol. The smallest absolute Gasteiger partial charge is 0.161 e. The minimum Gasteiger partial charge on any atom is -0.208 e. The lowest BCUT2D eigenvalue weighted by Gasteiger charge is -1.96. The fourth-order valence-corrected chi connectivity index (χ4v) is 0.538. The van der Waals surface area contributed by atoms with Crippen LogP contribution in [-0.2, 0) is 0 Å². The Balaban J connectivity index is 3.28. The molecule has 0 saturated heterocycles. The predicted molar refractivity (Wildman–Crippen MR) is 31.7 cm³/mol. The summed E-state index contributed by atoms with van der Waals surface area (Å²) in [6.45, 7) is 0. The zero-order valence-electron chi connectivity index (χ0n) is 4.87. The van der Waals surface area contributed by atoms with Crippen molar-refractivity contribution in [3.8, 4) is 0 Å². The van der Waals surface area contributed by atoms with Crippen LogP contribution in [0.5, 0.6) is 0 Å². The van der Waals surface area contributed by atoms with E-state index in [2.05, 4.69) is 0 Å². The molecule has 2 radical (unpaired) electrons. The molecule has 0 aliphatic rings. The summed E-state index contributed by atoms with van der Waals surface area (Å²) in [7, 11) is 4.91. The Labute approximate surface area is 57.1 Å². The summed E-state index contributed by atoms with van der Waals surface area (Å²) in [5.41, 5.74) is -0.390. The van der Waals surface area contributed by atoms with Crippen molar-refractivity contribution in [2.45, 2.75) is 0 Å². The molecule has 0 spiro atoms. The molecule has 0 fully saturated rings.